The summed E-state index contributed by atoms with van der Waals surface area (Å²) in [5.41, 5.74) is 10.4. The molecule has 0 aromatic carbocycles. The van der Waals surface area contributed by atoms with Crippen LogP contribution in [0.5, 0.6) is 0 Å². The molecule has 12 heterocycles. The minimum absolute atomic E-state index is 0. The Hall–Kier alpha value is -11.0. The van der Waals surface area contributed by atoms with Gasteiger partial charge in [0.25, 0.3) is 11.5 Å². The lowest BCUT2D eigenvalue weighted by Crippen LogP contribution is -2.16. The fourth-order valence-electron chi connectivity index (χ4n) is 9.49. The molecule has 38 heteroatoms. The van der Waals surface area contributed by atoms with E-state index in [0.717, 1.165) is 50.3 Å². The van der Waals surface area contributed by atoms with Crippen molar-refractivity contribution < 1.29 is 32.7 Å². The molecule has 31 nitrogen and oxygen atoms in total. The molecule has 524 valence electrons. The SMILES string of the molecule is C#Cc1cnc(-c2ccc(C(=O)C(=O)OCC)s2)nc1Nc1cc(C2CC2)[nH]n1.N=C(N)c1ccc(-c2ncc(Cl)c(Nc3cc(C4CC4)[nH]n3)n2)s1.O=[N+]([O-])c1ccc(-c2ncc(Cl)c(Nc3cc(C4CC4)[nH]n3)n2)s1.O=[N+]([O-])c1csc(-c2ncc(Cl)c(Nc3cc(C4CC4)[nH]n3)n2)c1.[HH].[HH].[HH].[HH].[HH].[HH]. The Morgan fingerprint density at radius 1 is 0.584 bits per heavy atom. The number of esters is 1. The number of carbonyl (C=O) groups excluding carboxylic acids is 2. The summed E-state index contributed by atoms with van der Waals surface area (Å²) in [5, 5.41) is 73.0. The van der Waals surface area contributed by atoms with Crippen molar-refractivity contribution in [2.45, 2.75) is 82.0 Å². The summed E-state index contributed by atoms with van der Waals surface area (Å²) in [7, 11) is 0. The number of hydrogen-bond acceptors (Lipinski definition) is 28. The van der Waals surface area contributed by atoms with Crippen molar-refractivity contribution in [2.24, 2.45) is 5.73 Å². The number of nitro groups is 2. The van der Waals surface area contributed by atoms with E-state index in [2.05, 4.69) is 108 Å². The second-order valence-corrected chi connectivity index (χ2v) is 28.2. The number of Topliss-reactive ketones (excluding diaryl/α,β-unsaturated/α-hetero) is 1. The highest BCUT2D eigenvalue weighted by molar-refractivity contribution is 7.19. The highest BCUT2D eigenvalue weighted by atomic mass is 35.5. The van der Waals surface area contributed by atoms with Crippen LogP contribution in [0.25, 0.3) is 42.8 Å². The third kappa shape index (κ3) is 17.2. The highest BCUT2D eigenvalue weighted by Crippen LogP contribution is 2.44. The fourth-order valence-corrected chi connectivity index (χ4v) is 13.1. The third-order valence-electron chi connectivity index (χ3n) is 15.2. The largest absolute Gasteiger partial charge is 0.460 e. The number of aromatic nitrogens is 16. The number of rotatable bonds is 22. The fraction of sp³-hybridized carbons (Fsp3) is 0.222. The van der Waals surface area contributed by atoms with Crippen LogP contribution in [0.3, 0.4) is 0 Å². The molecule has 0 radical (unpaired) electrons. The van der Waals surface area contributed by atoms with Crippen molar-refractivity contribution in [1.29, 1.82) is 5.41 Å². The van der Waals surface area contributed by atoms with Crippen LogP contribution < -0.4 is 27.0 Å². The van der Waals surface area contributed by atoms with Gasteiger partial charge in [0, 0.05) is 97.6 Å². The average Bonchev–Trinajstić information content (AvgIpc) is 1.72. The second-order valence-electron chi connectivity index (χ2n) is 22.8. The molecular formula is C63H65Cl3N24O7S4. The highest BCUT2D eigenvalue weighted by Gasteiger charge is 2.30. The van der Waals surface area contributed by atoms with Crippen LogP contribution in [0.1, 0.15) is 133 Å². The lowest BCUT2D eigenvalue weighted by Gasteiger charge is -2.06. The van der Waals surface area contributed by atoms with Gasteiger partial charge in [-0.25, -0.2) is 44.7 Å². The number of amidine groups is 1. The van der Waals surface area contributed by atoms with E-state index in [1.165, 1.54) is 110 Å². The van der Waals surface area contributed by atoms with Gasteiger partial charge in [-0.1, -0.05) is 52.1 Å². The van der Waals surface area contributed by atoms with Gasteiger partial charge in [0.1, 0.15) is 20.9 Å². The number of ether oxygens (including phenoxy) is 1. The summed E-state index contributed by atoms with van der Waals surface area (Å²) < 4.78 is 4.76. The standard InChI is InChI=1S/C20H17N5O3S.C15H14ClN7S.2C14H11ClN6O2S.6H2/c1-3-11-10-21-19(15-8-7-14(29-15)17(26)20(27)28-4-2)23-18(11)22-16-9-13(24-25-16)12-5-6-12;16-8-6-19-15(11-4-3-10(24-11)13(17)18)21-14(8)20-12-5-9(22-23-12)7-1-2-7;15-9-5-16-14(11-3-8(6-24-11)21(22)23)18-13(9)17-12-4-10(19-20-12)7-1-2-7;15-8-6-16-14(10-3-4-12(24-10)21(22)23)18-13(8)17-11-5-9(19-20-11)7-1-2-7;;;;;;/h1,7-10,12H,4-6H2,2H3,(H2,21,22,23,24,25);3-7H,1-2H2,(H3,17,18)(H2,19,20,21,22,23);2*3-7H,1-2H2,(H2,16,17,18,19,20);6*1H. The molecule has 4 fully saturated rings. The first-order chi connectivity index (χ1) is 48.9. The zero-order valence-electron chi connectivity index (χ0n) is 52.5. The maximum atomic E-state index is 12.1. The van der Waals surface area contributed by atoms with Gasteiger partial charge in [-0.05, 0) is 88.6 Å². The summed E-state index contributed by atoms with van der Waals surface area (Å²) >= 11 is 23.2. The summed E-state index contributed by atoms with van der Waals surface area (Å²) in [6.45, 7) is 1.79. The topological polar surface area (TPSA) is 445 Å². The van der Waals surface area contributed by atoms with Crippen molar-refractivity contribution in [3.8, 4) is 55.1 Å². The van der Waals surface area contributed by atoms with E-state index in [1.54, 1.807) is 37.4 Å². The Balaban J connectivity index is 0.000000196. The van der Waals surface area contributed by atoms with Crippen LogP contribution >= 0.6 is 80.1 Å². The van der Waals surface area contributed by atoms with Gasteiger partial charge < -0.3 is 31.7 Å². The Morgan fingerprint density at radius 3 is 1.35 bits per heavy atom. The van der Waals surface area contributed by atoms with Crippen LogP contribution in [0, 0.1) is 38.0 Å². The van der Waals surface area contributed by atoms with Gasteiger partial charge in [0.15, 0.2) is 69.8 Å². The predicted molar refractivity (Wildman–Crippen MR) is 398 cm³/mol. The maximum Gasteiger partial charge on any atom is 0.380 e. The Labute approximate surface area is 611 Å². The molecule has 0 spiro atoms. The number of nitrogens with one attached hydrogen (secondary N) is 9. The van der Waals surface area contributed by atoms with Crippen molar-refractivity contribution in [1.82, 2.24) is 80.7 Å². The molecule has 0 amide bonds. The molecule has 12 aromatic heterocycles. The number of carbonyl (C=O) groups is 2. The van der Waals surface area contributed by atoms with Crippen molar-refractivity contribution in [3.63, 3.8) is 0 Å². The molecule has 101 heavy (non-hydrogen) atoms. The molecule has 0 bridgehead atoms. The molecule has 0 atom stereocenters. The summed E-state index contributed by atoms with van der Waals surface area (Å²) in [6.07, 6.45) is 21.0. The van der Waals surface area contributed by atoms with Gasteiger partial charge in [0.05, 0.1) is 75.3 Å². The van der Waals surface area contributed by atoms with E-state index in [4.69, 9.17) is 57.1 Å². The zero-order chi connectivity index (χ0) is 70.4. The molecule has 0 aliphatic heterocycles. The number of H-pyrrole nitrogens is 4. The van der Waals surface area contributed by atoms with Crippen LogP contribution in [-0.4, -0.2) is 115 Å². The van der Waals surface area contributed by atoms with Gasteiger partial charge in [-0.2, -0.15) is 20.4 Å². The van der Waals surface area contributed by atoms with Crippen LogP contribution in [0.2, 0.25) is 15.1 Å². The number of nitrogens with two attached hydrogens (primary N) is 1. The van der Waals surface area contributed by atoms with E-state index in [1.807, 2.05) is 30.3 Å². The number of nitrogen functional groups attached to an aromatic ring is 1. The van der Waals surface area contributed by atoms with Crippen LogP contribution in [0.15, 0.2) is 96.9 Å². The lowest BCUT2D eigenvalue weighted by atomic mass is 10.3. The summed E-state index contributed by atoms with van der Waals surface area (Å²) in [5.74, 6) is 9.26. The molecule has 16 rings (SSSR count). The predicted octanol–water partition coefficient (Wildman–Crippen LogP) is 16.5. The van der Waals surface area contributed by atoms with Crippen molar-refractivity contribution in [2.75, 3.05) is 27.9 Å². The van der Waals surface area contributed by atoms with Crippen molar-refractivity contribution >= 4 is 155 Å². The van der Waals surface area contributed by atoms with Gasteiger partial charge in [-0.3, -0.25) is 50.8 Å². The van der Waals surface area contributed by atoms with E-state index < -0.39 is 21.6 Å². The van der Waals surface area contributed by atoms with E-state index >= 15 is 0 Å². The maximum absolute atomic E-state index is 12.1. The number of hydrogen-bond donors (Lipinski definition) is 10. The van der Waals surface area contributed by atoms with Crippen LogP contribution in [0.4, 0.5) is 57.2 Å². The average molecular weight is 1510 g/mol. The van der Waals surface area contributed by atoms with Gasteiger partial charge in [-0.15, -0.1) is 40.4 Å². The molecule has 0 unspecified atom stereocenters. The lowest BCUT2D eigenvalue weighted by molar-refractivity contribution is -0.384. The monoisotopic (exact) mass is 1500 g/mol. The first kappa shape index (κ1) is 68.5. The summed E-state index contributed by atoms with van der Waals surface area (Å²) in [4.78, 5) is 82.6. The molecular weight excluding hydrogens is 1440 g/mol. The van der Waals surface area contributed by atoms with Gasteiger partial charge in [0.2, 0.25) is 0 Å². The number of ketones is 1. The Kier molecular flexibility index (Phi) is 20.5. The van der Waals surface area contributed by atoms with Gasteiger partial charge >= 0.3 is 11.0 Å². The molecule has 12 aromatic rings. The third-order valence-corrected chi connectivity index (χ3v) is 20.2. The Morgan fingerprint density at radius 2 is 0.970 bits per heavy atom. The molecule has 4 saturated carbocycles. The number of anilines is 8. The molecule has 4 aliphatic rings. The molecule has 0 saturated heterocycles. The quantitative estimate of drug-likeness (QED) is 0.00440. The minimum atomic E-state index is -0.878. The first-order valence-electron chi connectivity index (χ1n) is 30.8. The number of terminal acetylenes is 1. The van der Waals surface area contributed by atoms with Crippen LogP contribution in [-0.2, 0) is 9.53 Å². The van der Waals surface area contributed by atoms with E-state index in [0.29, 0.717) is 134 Å². The molecule has 4 aliphatic carbocycles. The number of halogens is 3. The van der Waals surface area contributed by atoms with E-state index in [9.17, 15) is 29.8 Å². The number of thiophene rings is 4. The zero-order valence-corrected chi connectivity index (χ0v) is 58.0. The second kappa shape index (κ2) is 30.2. The Bertz CT molecular complexity index is 4810. The van der Waals surface area contributed by atoms with Crippen molar-refractivity contribution in [3.05, 3.63) is 170 Å². The normalized spacial score (nSPS) is 13.6. The number of aromatic amines is 4. The molecule has 11 N–H and O–H groups in total. The minimum Gasteiger partial charge on any atom is -0.460 e. The summed E-state index contributed by atoms with van der Waals surface area (Å²) in [6, 6.07) is 19.2. The first-order valence-corrected chi connectivity index (χ1v) is 35.3. The number of nitrogens with zero attached hydrogens (tertiary/aromatic N) is 14. The smallest absolute Gasteiger partial charge is 0.380 e. The van der Waals surface area contributed by atoms with E-state index in [-0.39, 0.29) is 36.6 Å².